The quantitative estimate of drug-likeness (QED) is 0.209. The monoisotopic (exact) mass is 497 g/mol. The summed E-state index contributed by atoms with van der Waals surface area (Å²) in [4.78, 5) is 45.3. The van der Waals surface area contributed by atoms with Gasteiger partial charge in [0.1, 0.15) is 22.8 Å². The number of rotatable bonds is 4. The third-order valence-electron chi connectivity index (χ3n) is 7.42. The number of phenols is 1. The number of likely N-dealkylation sites (N-methyl/N-ethyl adjacent to an activating group) is 1. The zero-order chi connectivity index (χ0) is 26.9. The van der Waals surface area contributed by atoms with Gasteiger partial charge >= 0.3 is 0 Å². The minimum absolute atomic E-state index is 0.0244. The van der Waals surface area contributed by atoms with Gasteiger partial charge in [-0.3, -0.25) is 19.3 Å². The zero-order valence-electron chi connectivity index (χ0n) is 20.5. The van der Waals surface area contributed by atoms with Crippen molar-refractivity contribution in [3.05, 3.63) is 50.3 Å². The molecule has 36 heavy (non-hydrogen) atoms. The van der Waals surface area contributed by atoms with Crippen LogP contribution in [0.25, 0.3) is 10.4 Å². The van der Waals surface area contributed by atoms with Crippen LogP contribution in [0.3, 0.4) is 0 Å². The summed E-state index contributed by atoms with van der Waals surface area (Å²) in [5.41, 5.74) is 5.97. The average Bonchev–Trinajstić information content (AvgIpc) is 2.77. The molecule has 4 atom stereocenters. The van der Waals surface area contributed by atoms with E-state index in [0.717, 1.165) is 6.92 Å². The molecule has 0 fully saturated rings. The molecule has 0 aliphatic heterocycles. The van der Waals surface area contributed by atoms with Gasteiger partial charge in [-0.1, -0.05) is 5.11 Å². The fourth-order valence-corrected chi connectivity index (χ4v) is 5.91. The van der Waals surface area contributed by atoms with Gasteiger partial charge in [0.25, 0.3) is 0 Å². The van der Waals surface area contributed by atoms with Gasteiger partial charge in [-0.2, -0.15) is 0 Å². The fraction of sp³-hybridized carbons (Fsp3) is 0.458. The zero-order valence-corrected chi connectivity index (χ0v) is 20.5. The Morgan fingerprint density at radius 3 is 2.36 bits per heavy atom. The molecular weight excluding hydrogens is 470 g/mol. The van der Waals surface area contributed by atoms with Crippen LogP contribution in [0.5, 0.6) is 5.75 Å². The molecule has 0 aromatic heterocycles. The summed E-state index contributed by atoms with van der Waals surface area (Å²) < 4.78 is 0. The first kappa shape index (κ1) is 25.2. The highest BCUT2D eigenvalue weighted by Gasteiger charge is 2.63. The molecule has 4 unspecified atom stereocenters. The maximum atomic E-state index is 13.7. The van der Waals surface area contributed by atoms with E-state index in [1.165, 1.54) is 6.07 Å². The SMILES string of the molecule is CC(=O)C1=C(O)C(N(C)C)C2CC3Cc4c(N(C)C)cc(N=[N+]=[N-])c(O)c4C(=O)C3=C(O)C2(O)C1=O. The number of aromatic hydroxyl groups is 1. The highest BCUT2D eigenvalue weighted by molar-refractivity contribution is 6.25. The first-order valence-electron chi connectivity index (χ1n) is 11.3. The minimum atomic E-state index is -2.64. The Bertz CT molecular complexity index is 1340. The van der Waals surface area contributed by atoms with E-state index in [1.54, 1.807) is 38.0 Å². The Hall–Kier alpha value is -3.86. The first-order valence-corrected chi connectivity index (χ1v) is 11.3. The van der Waals surface area contributed by atoms with Gasteiger partial charge in [-0.15, -0.1) is 0 Å². The molecular formula is C24H27N5O7. The Kier molecular flexibility index (Phi) is 5.87. The summed E-state index contributed by atoms with van der Waals surface area (Å²) in [5, 5.41) is 48.1. The Morgan fingerprint density at radius 1 is 1.19 bits per heavy atom. The van der Waals surface area contributed by atoms with Gasteiger partial charge in [0.05, 0.1) is 17.3 Å². The summed E-state index contributed by atoms with van der Waals surface area (Å²) in [6.45, 7) is 1.07. The normalized spacial score (nSPS) is 27.4. The van der Waals surface area contributed by atoms with Crippen LogP contribution in [-0.4, -0.2) is 82.5 Å². The van der Waals surface area contributed by atoms with E-state index in [2.05, 4.69) is 10.0 Å². The lowest BCUT2D eigenvalue weighted by Crippen LogP contribution is -2.63. The first-order chi connectivity index (χ1) is 16.8. The molecule has 0 saturated carbocycles. The number of Topliss-reactive ketones (excluding diaryl/α,β-unsaturated/α-hetero) is 3. The van der Waals surface area contributed by atoms with Crippen molar-refractivity contribution in [1.29, 1.82) is 0 Å². The van der Waals surface area contributed by atoms with E-state index in [0.29, 0.717) is 11.3 Å². The topological polar surface area (TPSA) is 187 Å². The van der Waals surface area contributed by atoms with Crippen molar-refractivity contribution in [2.45, 2.75) is 31.4 Å². The molecule has 190 valence electrons. The lowest BCUT2D eigenvalue weighted by Gasteiger charge is -2.50. The van der Waals surface area contributed by atoms with Crippen LogP contribution in [0, 0.1) is 11.8 Å². The molecule has 0 spiro atoms. The van der Waals surface area contributed by atoms with Gasteiger partial charge in [-0.25, -0.2) is 0 Å². The van der Waals surface area contributed by atoms with Crippen LogP contribution in [0.2, 0.25) is 0 Å². The van der Waals surface area contributed by atoms with Gasteiger partial charge in [-0.05, 0) is 56.9 Å². The molecule has 4 rings (SSSR count). The molecule has 0 heterocycles. The highest BCUT2D eigenvalue weighted by atomic mass is 16.3. The number of hydrogen-bond acceptors (Lipinski definition) is 10. The molecule has 0 amide bonds. The minimum Gasteiger partial charge on any atom is -0.510 e. The Labute approximate surface area is 206 Å². The molecule has 1 aromatic rings. The standard InChI is InChI=1S/C24H27N5O7/c1-9(30)15-21(33)18(29(4)5)12-7-10-6-11-14(28(2)3)8-13(26-27-25)19(31)17(11)20(32)16(10)23(35)24(12,36)22(15)34/h8,10,12,18,31,33,35-36H,6-7H2,1-5H3. The molecule has 0 bridgehead atoms. The van der Waals surface area contributed by atoms with E-state index in [4.69, 9.17) is 5.53 Å². The third kappa shape index (κ3) is 3.22. The molecule has 3 aliphatic rings. The third-order valence-corrected chi connectivity index (χ3v) is 7.42. The van der Waals surface area contributed by atoms with Gasteiger partial charge in [0.2, 0.25) is 5.78 Å². The number of fused-ring (bicyclic) bond motifs is 3. The maximum absolute atomic E-state index is 13.7. The van der Waals surface area contributed by atoms with Crippen LogP contribution in [0.1, 0.15) is 29.3 Å². The molecule has 4 N–H and O–H groups in total. The van der Waals surface area contributed by atoms with E-state index < -0.39 is 63.7 Å². The van der Waals surface area contributed by atoms with Gasteiger partial charge in [0, 0.05) is 36.2 Å². The number of azide groups is 1. The van der Waals surface area contributed by atoms with Crippen LogP contribution >= 0.6 is 0 Å². The van der Waals surface area contributed by atoms with E-state index in [1.807, 2.05) is 0 Å². The summed E-state index contributed by atoms with van der Waals surface area (Å²) >= 11 is 0. The van der Waals surface area contributed by atoms with E-state index in [9.17, 15) is 34.8 Å². The van der Waals surface area contributed by atoms with Gasteiger partial charge in [0.15, 0.2) is 17.2 Å². The van der Waals surface area contributed by atoms with Crippen LogP contribution in [0.15, 0.2) is 33.8 Å². The average molecular weight is 498 g/mol. The van der Waals surface area contributed by atoms with Crippen molar-refractivity contribution in [2.24, 2.45) is 17.0 Å². The largest absolute Gasteiger partial charge is 0.510 e. The number of aliphatic hydroxyl groups is 3. The number of carbonyl (C=O) groups is 3. The Morgan fingerprint density at radius 2 is 1.83 bits per heavy atom. The van der Waals surface area contributed by atoms with Crippen LogP contribution < -0.4 is 4.90 Å². The van der Waals surface area contributed by atoms with Crippen molar-refractivity contribution >= 4 is 28.7 Å². The number of ketones is 3. The highest BCUT2D eigenvalue weighted by Crippen LogP contribution is 2.54. The molecule has 0 radical (unpaired) electrons. The predicted octanol–water partition coefficient (Wildman–Crippen LogP) is 2.23. The lowest BCUT2D eigenvalue weighted by molar-refractivity contribution is -0.148. The number of anilines is 1. The number of carbonyl (C=O) groups excluding carboxylic acids is 3. The van der Waals surface area contributed by atoms with E-state index in [-0.39, 0.29) is 29.7 Å². The molecule has 0 saturated heterocycles. The van der Waals surface area contributed by atoms with Gasteiger partial charge < -0.3 is 25.3 Å². The van der Waals surface area contributed by atoms with Crippen molar-refractivity contribution in [2.75, 3.05) is 33.1 Å². The fourth-order valence-electron chi connectivity index (χ4n) is 5.91. The second-order valence-corrected chi connectivity index (χ2v) is 9.86. The number of phenolic OH excluding ortho intramolecular Hbond substituents is 1. The Balaban J connectivity index is 2.01. The summed E-state index contributed by atoms with van der Waals surface area (Å²) in [6.07, 6.45) is 0.180. The van der Waals surface area contributed by atoms with Crippen molar-refractivity contribution in [3.63, 3.8) is 0 Å². The van der Waals surface area contributed by atoms with E-state index >= 15 is 0 Å². The van der Waals surface area contributed by atoms with Crippen LogP contribution in [-0.2, 0) is 16.0 Å². The van der Waals surface area contributed by atoms with Crippen molar-refractivity contribution in [1.82, 2.24) is 4.90 Å². The summed E-state index contributed by atoms with van der Waals surface area (Å²) in [6, 6.07) is 0.468. The van der Waals surface area contributed by atoms with Crippen molar-refractivity contribution in [3.8, 4) is 5.75 Å². The second-order valence-electron chi connectivity index (χ2n) is 9.86. The molecule has 12 heteroatoms. The number of allylic oxidation sites excluding steroid dienone is 1. The van der Waals surface area contributed by atoms with Crippen molar-refractivity contribution < 1.29 is 34.8 Å². The molecule has 1 aromatic carbocycles. The number of aliphatic hydroxyl groups excluding tert-OH is 2. The maximum Gasteiger partial charge on any atom is 0.209 e. The smallest absolute Gasteiger partial charge is 0.209 e. The number of nitrogens with zero attached hydrogens (tertiary/aromatic N) is 5. The second kappa shape index (κ2) is 8.37. The van der Waals surface area contributed by atoms with Crippen LogP contribution in [0.4, 0.5) is 11.4 Å². The summed E-state index contributed by atoms with van der Waals surface area (Å²) in [7, 11) is 6.64. The number of hydrogen-bond donors (Lipinski definition) is 4. The molecule has 12 nitrogen and oxygen atoms in total. The summed E-state index contributed by atoms with van der Waals surface area (Å²) in [5.74, 6) is -6.49. The predicted molar refractivity (Wildman–Crippen MR) is 128 cm³/mol. The lowest BCUT2D eigenvalue weighted by atomic mass is 9.58. The number of benzene rings is 1. The molecule has 3 aliphatic carbocycles.